The van der Waals surface area contributed by atoms with Gasteiger partial charge in [0, 0.05) is 54.9 Å². The van der Waals surface area contributed by atoms with Crippen LogP contribution in [0.4, 0.5) is 4.39 Å². The minimum atomic E-state index is -0.198. The fourth-order valence-electron chi connectivity index (χ4n) is 4.76. The van der Waals surface area contributed by atoms with Crippen LogP contribution in [-0.2, 0) is 6.54 Å². The van der Waals surface area contributed by atoms with E-state index in [4.69, 9.17) is 0 Å². The molecule has 2 bridgehead atoms. The molecular weight excluding hydrogens is 353 g/mol. The van der Waals surface area contributed by atoms with Crippen LogP contribution in [0.1, 0.15) is 28.8 Å². The fourth-order valence-corrected chi connectivity index (χ4v) is 4.76. The molecule has 5 heteroatoms. The summed E-state index contributed by atoms with van der Waals surface area (Å²) in [5.74, 6) is 0.441. The Hall–Kier alpha value is -2.66. The van der Waals surface area contributed by atoms with Gasteiger partial charge in [0.2, 0.25) is 0 Å². The Labute approximate surface area is 163 Å². The van der Waals surface area contributed by atoms with E-state index in [0.29, 0.717) is 5.92 Å². The average molecular weight is 377 g/mol. The number of halogens is 1. The van der Waals surface area contributed by atoms with Gasteiger partial charge in [-0.3, -0.25) is 9.69 Å². The minimum absolute atomic E-state index is 0.140. The Morgan fingerprint density at radius 2 is 1.89 bits per heavy atom. The molecule has 4 heterocycles. The third-order valence-corrected chi connectivity index (χ3v) is 6.17. The van der Waals surface area contributed by atoms with Gasteiger partial charge in [0.15, 0.2) is 0 Å². The Bertz CT molecular complexity index is 997. The summed E-state index contributed by atoms with van der Waals surface area (Å²) in [6.07, 6.45) is 4.13. The van der Waals surface area contributed by atoms with Crippen molar-refractivity contribution < 1.29 is 9.18 Å². The van der Waals surface area contributed by atoms with Crippen LogP contribution in [0.3, 0.4) is 0 Å². The summed E-state index contributed by atoms with van der Waals surface area (Å²) in [5, 5.41) is 1.07. The molecular formula is C23H24FN3O. The van der Waals surface area contributed by atoms with Crippen LogP contribution in [-0.4, -0.2) is 46.4 Å². The molecule has 2 aromatic carbocycles. The van der Waals surface area contributed by atoms with Crippen LogP contribution >= 0.6 is 0 Å². The lowest BCUT2D eigenvalue weighted by Crippen LogP contribution is -2.47. The standard InChI is InChI=1S/C23H24FN3O/c24-20-5-1-16(2-6-20)12-26-13-17-3-7-21(15-26)27(14-17)23(28)19-4-8-22-18(11-19)9-10-25-22/h1-2,4-6,8-11,17,21,25H,3,7,12-15H2/t17-,21+/m0/s1. The van der Waals surface area contributed by atoms with E-state index in [2.05, 4.69) is 14.8 Å². The van der Waals surface area contributed by atoms with Gasteiger partial charge in [-0.25, -0.2) is 4.39 Å². The summed E-state index contributed by atoms with van der Waals surface area (Å²) in [6, 6.07) is 14.9. The number of H-pyrrole nitrogens is 1. The number of benzene rings is 2. The van der Waals surface area contributed by atoms with E-state index in [1.54, 1.807) is 0 Å². The molecule has 0 radical (unpaired) electrons. The summed E-state index contributed by atoms with van der Waals surface area (Å²) < 4.78 is 13.2. The van der Waals surface area contributed by atoms with Crippen LogP contribution in [0.5, 0.6) is 0 Å². The SMILES string of the molecule is O=C(c1ccc2[nH]ccc2c1)N1C[C@H]2CC[C@@H]1CN(Cc1ccc(F)cc1)C2. The molecule has 0 aliphatic carbocycles. The van der Waals surface area contributed by atoms with E-state index in [9.17, 15) is 9.18 Å². The van der Waals surface area contributed by atoms with Gasteiger partial charge in [-0.05, 0) is 60.7 Å². The molecule has 3 saturated heterocycles. The van der Waals surface area contributed by atoms with E-state index in [-0.39, 0.29) is 17.8 Å². The van der Waals surface area contributed by atoms with Gasteiger partial charge >= 0.3 is 0 Å². The number of rotatable bonds is 3. The number of nitrogens with zero attached hydrogens (tertiary/aromatic N) is 2. The van der Waals surface area contributed by atoms with Gasteiger partial charge in [-0.1, -0.05) is 12.1 Å². The van der Waals surface area contributed by atoms with E-state index in [1.165, 1.54) is 18.6 Å². The molecule has 6 rings (SSSR count). The highest BCUT2D eigenvalue weighted by Gasteiger charge is 2.37. The van der Waals surface area contributed by atoms with E-state index in [0.717, 1.165) is 54.6 Å². The maximum Gasteiger partial charge on any atom is 0.254 e. The quantitative estimate of drug-likeness (QED) is 0.748. The van der Waals surface area contributed by atoms with Gasteiger partial charge < -0.3 is 9.88 Å². The normalized spacial score (nSPS) is 22.5. The van der Waals surface area contributed by atoms with Crippen molar-refractivity contribution in [2.45, 2.75) is 25.4 Å². The van der Waals surface area contributed by atoms with E-state index < -0.39 is 0 Å². The first-order valence-corrected chi connectivity index (χ1v) is 10.0. The van der Waals surface area contributed by atoms with Crippen LogP contribution in [0.15, 0.2) is 54.7 Å². The van der Waals surface area contributed by atoms with E-state index in [1.807, 2.05) is 42.6 Å². The molecule has 4 nitrogen and oxygen atoms in total. The number of aromatic nitrogens is 1. The van der Waals surface area contributed by atoms with Gasteiger partial charge in [-0.2, -0.15) is 0 Å². The number of fused-ring (bicyclic) bond motifs is 5. The van der Waals surface area contributed by atoms with Gasteiger partial charge in [-0.15, -0.1) is 0 Å². The maximum absolute atomic E-state index is 13.3. The molecule has 0 spiro atoms. The number of carbonyl (C=O) groups excluding carboxylic acids is 1. The van der Waals surface area contributed by atoms with E-state index >= 15 is 0 Å². The Morgan fingerprint density at radius 3 is 2.75 bits per heavy atom. The van der Waals surface area contributed by atoms with Crippen molar-refractivity contribution in [3.63, 3.8) is 0 Å². The van der Waals surface area contributed by atoms with Crippen molar-refractivity contribution in [1.29, 1.82) is 0 Å². The van der Waals surface area contributed by atoms with Crippen molar-refractivity contribution in [2.75, 3.05) is 19.6 Å². The van der Waals surface area contributed by atoms with Crippen LogP contribution < -0.4 is 0 Å². The number of piperidine rings is 1. The highest BCUT2D eigenvalue weighted by molar-refractivity contribution is 5.98. The first-order valence-electron chi connectivity index (χ1n) is 10.0. The zero-order chi connectivity index (χ0) is 19.1. The lowest BCUT2D eigenvalue weighted by Gasteiger charge is -2.36. The summed E-state index contributed by atoms with van der Waals surface area (Å²) in [7, 11) is 0. The Morgan fingerprint density at radius 1 is 1.04 bits per heavy atom. The van der Waals surface area contributed by atoms with Crippen molar-refractivity contribution in [2.24, 2.45) is 5.92 Å². The minimum Gasteiger partial charge on any atom is -0.361 e. The smallest absolute Gasteiger partial charge is 0.254 e. The molecule has 1 N–H and O–H groups in total. The zero-order valence-corrected chi connectivity index (χ0v) is 15.8. The third kappa shape index (κ3) is 3.31. The molecule has 1 amide bonds. The highest BCUT2D eigenvalue weighted by Crippen LogP contribution is 2.30. The van der Waals surface area contributed by atoms with Crippen LogP contribution in [0.25, 0.3) is 10.9 Å². The second-order valence-corrected chi connectivity index (χ2v) is 8.15. The molecule has 144 valence electrons. The molecule has 2 atom stereocenters. The number of hydrogen-bond acceptors (Lipinski definition) is 2. The van der Waals surface area contributed by atoms with Gasteiger partial charge in [0.1, 0.15) is 5.82 Å². The van der Waals surface area contributed by atoms with Crippen molar-refractivity contribution in [1.82, 2.24) is 14.8 Å². The summed E-state index contributed by atoms with van der Waals surface area (Å²) >= 11 is 0. The van der Waals surface area contributed by atoms with Crippen molar-refractivity contribution in [3.05, 3.63) is 71.7 Å². The van der Waals surface area contributed by atoms with Crippen LogP contribution in [0, 0.1) is 11.7 Å². The monoisotopic (exact) mass is 377 g/mol. The second-order valence-electron chi connectivity index (χ2n) is 8.15. The number of aromatic amines is 1. The summed E-state index contributed by atoms with van der Waals surface area (Å²) in [5.41, 5.74) is 2.95. The predicted molar refractivity (Wildman–Crippen MR) is 108 cm³/mol. The molecule has 0 unspecified atom stereocenters. The first-order chi connectivity index (χ1) is 13.7. The van der Waals surface area contributed by atoms with Crippen LogP contribution in [0.2, 0.25) is 0 Å². The maximum atomic E-state index is 13.3. The van der Waals surface area contributed by atoms with Crippen molar-refractivity contribution >= 4 is 16.8 Å². The first kappa shape index (κ1) is 17.4. The molecule has 28 heavy (non-hydrogen) atoms. The lowest BCUT2D eigenvalue weighted by atomic mass is 9.94. The van der Waals surface area contributed by atoms with Crippen molar-refractivity contribution in [3.8, 4) is 0 Å². The number of carbonyl (C=O) groups is 1. The summed E-state index contributed by atoms with van der Waals surface area (Å²) in [4.78, 5) is 21.0. The largest absolute Gasteiger partial charge is 0.361 e. The topological polar surface area (TPSA) is 39.3 Å². The lowest BCUT2D eigenvalue weighted by molar-refractivity contribution is 0.0585. The molecule has 3 aliphatic rings. The molecule has 3 aromatic rings. The van der Waals surface area contributed by atoms with Gasteiger partial charge in [0.05, 0.1) is 0 Å². The number of nitrogens with one attached hydrogen (secondary N) is 1. The molecule has 3 fully saturated rings. The number of hydrogen-bond donors (Lipinski definition) is 1. The molecule has 3 aliphatic heterocycles. The Balaban J connectivity index is 1.34. The van der Waals surface area contributed by atoms with Gasteiger partial charge in [0.25, 0.3) is 5.91 Å². The Kier molecular flexibility index (Phi) is 4.40. The fraction of sp³-hybridized carbons (Fsp3) is 0.348. The molecule has 1 aromatic heterocycles. The third-order valence-electron chi connectivity index (χ3n) is 6.17. The zero-order valence-electron chi connectivity index (χ0n) is 15.8. The molecule has 0 saturated carbocycles. The number of amides is 1. The second kappa shape index (κ2) is 7.06. The summed E-state index contributed by atoms with van der Waals surface area (Å²) in [6.45, 7) is 3.51. The average Bonchev–Trinajstić information content (AvgIpc) is 3.01. The highest BCUT2D eigenvalue weighted by atomic mass is 19.1. The predicted octanol–water partition coefficient (Wildman–Crippen LogP) is 4.04.